The largest absolute Gasteiger partial charge is 0.480 e. The first-order valence-electron chi connectivity index (χ1n) is 3.41. The summed E-state index contributed by atoms with van der Waals surface area (Å²) in [6, 6.07) is -0.597. The van der Waals surface area contributed by atoms with Crippen LogP contribution in [0, 0.1) is 0 Å². The summed E-state index contributed by atoms with van der Waals surface area (Å²) in [5.74, 6) is -0.872. The molecule has 10 heavy (non-hydrogen) atoms. The average molecular weight is 143 g/mol. The van der Waals surface area contributed by atoms with Gasteiger partial charge in [-0.05, 0) is 13.1 Å². The van der Waals surface area contributed by atoms with Crippen molar-refractivity contribution in [3.8, 4) is 0 Å². The fourth-order valence-electron chi connectivity index (χ4n) is 0.690. The monoisotopic (exact) mass is 143 g/mol. The Morgan fingerprint density at radius 1 is 1.80 bits per heavy atom. The summed E-state index contributed by atoms with van der Waals surface area (Å²) < 4.78 is 0. The molecule has 3 heteroatoms. The quantitative estimate of drug-likeness (QED) is 0.590. The molecular weight excluding hydrogens is 130 g/mol. The second-order valence-corrected chi connectivity index (χ2v) is 2.18. The molecule has 0 radical (unpaired) electrons. The zero-order valence-electron chi connectivity index (χ0n) is 6.21. The number of rotatable bonds is 5. The highest BCUT2D eigenvalue weighted by molar-refractivity contribution is 5.74. The number of nitrogens with zero attached hydrogens (tertiary/aromatic N) is 1. The summed E-state index contributed by atoms with van der Waals surface area (Å²) in [6.07, 6.45) is 2.50. The lowest BCUT2D eigenvalue weighted by Gasteiger charge is -2.03. The van der Waals surface area contributed by atoms with Crippen LogP contribution in [-0.4, -0.2) is 23.8 Å². The van der Waals surface area contributed by atoms with Crippen molar-refractivity contribution in [2.45, 2.75) is 32.2 Å². The van der Waals surface area contributed by atoms with Gasteiger partial charge >= 0.3 is 5.97 Å². The molecule has 0 aliphatic rings. The summed E-state index contributed by atoms with van der Waals surface area (Å²) in [5.41, 5.74) is 0. The normalized spacial score (nSPS) is 12.5. The van der Waals surface area contributed by atoms with Gasteiger partial charge in [0.05, 0.1) is 0 Å². The van der Waals surface area contributed by atoms with Crippen molar-refractivity contribution in [2.75, 3.05) is 0 Å². The van der Waals surface area contributed by atoms with E-state index in [1.807, 2.05) is 6.92 Å². The Kier molecular flexibility index (Phi) is 4.54. The Hall–Kier alpha value is -0.860. The number of hydrogen-bond donors (Lipinski definition) is 1. The van der Waals surface area contributed by atoms with Crippen molar-refractivity contribution in [1.29, 1.82) is 0 Å². The van der Waals surface area contributed by atoms with Gasteiger partial charge in [-0.1, -0.05) is 19.8 Å². The molecule has 3 nitrogen and oxygen atoms in total. The van der Waals surface area contributed by atoms with E-state index in [0.717, 1.165) is 12.8 Å². The Balaban J connectivity index is 3.60. The number of carbonyl (C=O) groups is 1. The molecule has 0 fully saturated rings. The van der Waals surface area contributed by atoms with Crippen molar-refractivity contribution in [3.05, 3.63) is 0 Å². The number of unbranched alkanes of at least 4 members (excludes halogenated alkanes) is 1. The van der Waals surface area contributed by atoms with E-state index >= 15 is 0 Å². The van der Waals surface area contributed by atoms with Gasteiger partial charge in [-0.2, -0.15) is 0 Å². The Bertz CT molecular complexity index is 123. The van der Waals surface area contributed by atoms with E-state index < -0.39 is 12.0 Å². The van der Waals surface area contributed by atoms with Crippen molar-refractivity contribution in [2.24, 2.45) is 4.99 Å². The minimum atomic E-state index is -0.872. The Morgan fingerprint density at radius 3 is 2.70 bits per heavy atom. The number of carboxylic acid groups (broad SMARTS) is 1. The van der Waals surface area contributed by atoms with Crippen LogP contribution in [0.15, 0.2) is 4.99 Å². The topological polar surface area (TPSA) is 49.7 Å². The second-order valence-electron chi connectivity index (χ2n) is 2.18. The summed E-state index contributed by atoms with van der Waals surface area (Å²) >= 11 is 0. The van der Waals surface area contributed by atoms with Gasteiger partial charge in [0.25, 0.3) is 0 Å². The molecule has 0 spiro atoms. The standard InChI is InChI=1S/C7H13NO2/c1-3-4-5-6(8-2)7(9)10/h6H,2-5H2,1H3,(H,9,10). The molecule has 1 unspecified atom stereocenters. The minimum absolute atomic E-state index is 0.597. The van der Waals surface area contributed by atoms with Gasteiger partial charge in [0.1, 0.15) is 6.04 Å². The van der Waals surface area contributed by atoms with Crippen LogP contribution in [-0.2, 0) is 4.79 Å². The van der Waals surface area contributed by atoms with Crippen molar-refractivity contribution >= 4 is 12.7 Å². The van der Waals surface area contributed by atoms with Gasteiger partial charge in [-0.3, -0.25) is 4.99 Å². The third-order valence-corrected chi connectivity index (χ3v) is 1.34. The number of carboxylic acids is 1. The van der Waals surface area contributed by atoms with E-state index in [9.17, 15) is 4.79 Å². The molecule has 0 heterocycles. The molecule has 0 aromatic carbocycles. The lowest BCUT2D eigenvalue weighted by Crippen LogP contribution is -2.16. The SMILES string of the molecule is C=NC(CCCC)C(=O)O. The third kappa shape index (κ3) is 3.22. The smallest absolute Gasteiger partial charge is 0.328 e. The molecular formula is C7H13NO2. The van der Waals surface area contributed by atoms with E-state index in [-0.39, 0.29) is 0 Å². The van der Waals surface area contributed by atoms with E-state index in [2.05, 4.69) is 11.7 Å². The van der Waals surface area contributed by atoms with E-state index in [1.165, 1.54) is 0 Å². The molecule has 0 saturated heterocycles. The maximum absolute atomic E-state index is 10.3. The third-order valence-electron chi connectivity index (χ3n) is 1.34. The zero-order valence-corrected chi connectivity index (χ0v) is 6.21. The van der Waals surface area contributed by atoms with Gasteiger partial charge in [-0.25, -0.2) is 4.79 Å². The highest BCUT2D eigenvalue weighted by Crippen LogP contribution is 2.03. The maximum atomic E-state index is 10.3. The number of hydrogen-bond acceptors (Lipinski definition) is 2. The first kappa shape index (κ1) is 9.14. The first-order chi connectivity index (χ1) is 4.72. The lowest BCUT2D eigenvalue weighted by molar-refractivity contribution is -0.138. The van der Waals surface area contributed by atoms with Gasteiger partial charge < -0.3 is 5.11 Å². The van der Waals surface area contributed by atoms with Crippen LogP contribution >= 0.6 is 0 Å². The van der Waals surface area contributed by atoms with Crippen molar-refractivity contribution in [1.82, 2.24) is 0 Å². The first-order valence-corrected chi connectivity index (χ1v) is 3.41. The van der Waals surface area contributed by atoms with Crippen molar-refractivity contribution in [3.63, 3.8) is 0 Å². The summed E-state index contributed by atoms with van der Waals surface area (Å²) in [7, 11) is 0. The van der Waals surface area contributed by atoms with Crippen LogP contribution in [0.1, 0.15) is 26.2 Å². The molecule has 0 aromatic rings. The van der Waals surface area contributed by atoms with Crippen LogP contribution in [0.4, 0.5) is 0 Å². The summed E-state index contributed by atoms with van der Waals surface area (Å²) in [6.45, 7) is 5.22. The highest BCUT2D eigenvalue weighted by Gasteiger charge is 2.12. The van der Waals surface area contributed by atoms with E-state index in [1.54, 1.807) is 0 Å². The van der Waals surface area contributed by atoms with Crippen molar-refractivity contribution < 1.29 is 9.90 Å². The number of aliphatic imine (C=N–C) groups is 1. The van der Waals surface area contributed by atoms with Gasteiger partial charge in [0, 0.05) is 0 Å². The minimum Gasteiger partial charge on any atom is -0.480 e. The molecule has 0 aliphatic heterocycles. The van der Waals surface area contributed by atoms with Crippen LogP contribution in [0.25, 0.3) is 0 Å². The fourth-order valence-corrected chi connectivity index (χ4v) is 0.690. The molecule has 58 valence electrons. The van der Waals surface area contributed by atoms with Crippen LogP contribution in [0.3, 0.4) is 0 Å². The molecule has 1 N–H and O–H groups in total. The van der Waals surface area contributed by atoms with Crippen LogP contribution in [0.2, 0.25) is 0 Å². The van der Waals surface area contributed by atoms with Gasteiger partial charge in [0.2, 0.25) is 0 Å². The lowest BCUT2D eigenvalue weighted by atomic mass is 10.1. The van der Waals surface area contributed by atoms with E-state index in [4.69, 9.17) is 5.11 Å². The molecule has 0 amide bonds. The molecule has 0 saturated carbocycles. The van der Waals surface area contributed by atoms with Crippen LogP contribution in [0.5, 0.6) is 0 Å². The Labute approximate surface area is 60.8 Å². The molecule has 1 atom stereocenters. The molecule has 0 aromatic heterocycles. The highest BCUT2D eigenvalue weighted by atomic mass is 16.4. The average Bonchev–Trinajstić information content (AvgIpc) is 1.89. The van der Waals surface area contributed by atoms with E-state index in [0.29, 0.717) is 6.42 Å². The Morgan fingerprint density at radius 2 is 2.40 bits per heavy atom. The molecule has 0 rings (SSSR count). The van der Waals surface area contributed by atoms with Gasteiger partial charge in [-0.15, -0.1) is 0 Å². The maximum Gasteiger partial charge on any atom is 0.328 e. The van der Waals surface area contributed by atoms with Gasteiger partial charge in [0.15, 0.2) is 0 Å². The molecule has 0 aliphatic carbocycles. The predicted octanol–water partition coefficient (Wildman–Crippen LogP) is 1.33. The summed E-state index contributed by atoms with van der Waals surface area (Å²) in [5, 5.41) is 8.47. The molecule has 0 bridgehead atoms. The second kappa shape index (κ2) is 4.97. The zero-order chi connectivity index (χ0) is 7.98. The van der Waals surface area contributed by atoms with Crippen LogP contribution < -0.4 is 0 Å². The number of aliphatic carboxylic acids is 1. The summed E-state index contributed by atoms with van der Waals surface area (Å²) in [4.78, 5) is 13.8. The fraction of sp³-hybridized carbons (Fsp3) is 0.714. The predicted molar refractivity (Wildman–Crippen MR) is 40.5 cm³/mol.